The van der Waals surface area contributed by atoms with Crippen molar-refractivity contribution in [1.29, 1.82) is 0 Å². The first kappa shape index (κ1) is 16.9. The Labute approximate surface area is 145 Å². The third-order valence-electron chi connectivity index (χ3n) is 5.53. The van der Waals surface area contributed by atoms with Gasteiger partial charge in [0, 0.05) is 5.41 Å². The van der Waals surface area contributed by atoms with E-state index in [2.05, 4.69) is 47.6 Å². The molecule has 0 amide bonds. The standard InChI is InChI=1S/C22H28O2/c1-20(2,3)16-9-7-14(23)11-18(16)22(6)13-21(4,5)17-10-8-15(24)12-19(17)22/h7-12,23-24H,13H2,1-6H3/t22-/m0/s1. The van der Waals surface area contributed by atoms with E-state index in [0.29, 0.717) is 11.5 Å². The predicted octanol–water partition coefficient (Wildman–Crippen LogP) is 5.38. The first-order valence-corrected chi connectivity index (χ1v) is 8.63. The van der Waals surface area contributed by atoms with Gasteiger partial charge in [0.2, 0.25) is 0 Å². The average molecular weight is 324 g/mol. The summed E-state index contributed by atoms with van der Waals surface area (Å²) in [7, 11) is 0. The van der Waals surface area contributed by atoms with E-state index in [-0.39, 0.29) is 16.2 Å². The highest BCUT2D eigenvalue weighted by Gasteiger charge is 2.47. The van der Waals surface area contributed by atoms with Crippen molar-refractivity contribution in [2.75, 3.05) is 0 Å². The molecule has 2 aromatic carbocycles. The summed E-state index contributed by atoms with van der Waals surface area (Å²) in [6.45, 7) is 13.4. The number of hydrogen-bond donors (Lipinski definition) is 2. The van der Waals surface area contributed by atoms with Crippen LogP contribution in [0.1, 0.15) is 70.2 Å². The second-order valence-electron chi connectivity index (χ2n) is 9.10. The molecule has 0 heterocycles. The monoisotopic (exact) mass is 324 g/mol. The molecule has 0 aromatic heterocycles. The normalized spacial score (nSPS) is 22.4. The molecule has 128 valence electrons. The Balaban J connectivity index is 2.32. The minimum absolute atomic E-state index is 0.0181. The molecule has 0 saturated heterocycles. The number of rotatable bonds is 1. The van der Waals surface area contributed by atoms with E-state index in [4.69, 9.17) is 0 Å². The van der Waals surface area contributed by atoms with Crippen LogP contribution in [0.3, 0.4) is 0 Å². The molecule has 1 atom stereocenters. The van der Waals surface area contributed by atoms with Crippen LogP contribution in [0, 0.1) is 0 Å². The van der Waals surface area contributed by atoms with Crippen LogP contribution in [0.2, 0.25) is 0 Å². The molecule has 0 fully saturated rings. The highest BCUT2D eigenvalue weighted by atomic mass is 16.3. The summed E-state index contributed by atoms with van der Waals surface area (Å²) >= 11 is 0. The first-order chi connectivity index (χ1) is 10.9. The van der Waals surface area contributed by atoms with Gasteiger partial charge in [0.05, 0.1) is 0 Å². The fourth-order valence-corrected chi connectivity index (χ4v) is 4.54. The molecule has 0 aliphatic heterocycles. The first-order valence-electron chi connectivity index (χ1n) is 8.63. The molecule has 2 nitrogen and oxygen atoms in total. The zero-order chi connectivity index (χ0) is 17.9. The molecule has 0 radical (unpaired) electrons. The van der Waals surface area contributed by atoms with Crippen LogP contribution in [-0.2, 0) is 16.2 Å². The maximum atomic E-state index is 10.2. The van der Waals surface area contributed by atoms with E-state index in [1.807, 2.05) is 18.2 Å². The van der Waals surface area contributed by atoms with Gasteiger partial charge in [-0.3, -0.25) is 0 Å². The Kier molecular flexibility index (Phi) is 3.53. The largest absolute Gasteiger partial charge is 0.508 e. The van der Waals surface area contributed by atoms with E-state index in [0.717, 1.165) is 12.0 Å². The maximum Gasteiger partial charge on any atom is 0.115 e. The number of hydrogen-bond acceptors (Lipinski definition) is 2. The number of aromatic hydroxyl groups is 2. The molecule has 2 aromatic rings. The molecule has 2 heteroatoms. The SMILES string of the molecule is CC(C)(C)c1ccc(O)cc1[C@]1(C)CC(C)(C)c2ccc(O)cc21. The van der Waals surface area contributed by atoms with Gasteiger partial charge in [-0.25, -0.2) is 0 Å². The Morgan fingerprint density at radius 1 is 0.792 bits per heavy atom. The molecule has 0 saturated carbocycles. The third kappa shape index (κ3) is 2.49. The van der Waals surface area contributed by atoms with E-state index in [1.165, 1.54) is 16.7 Å². The highest BCUT2D eigenvalue weighted by Crippen LogP contribution is 2.55. The maximum absolute atomic E-state index is 10.2. The van der Waals surface area contributed by atoms with E-state index in [1.54, 1.807) is 12.1 Å². The number of phenolic OH excluding ortho intramolecular Hbond substituents is 2. The van der Waals surface area contributed by atoms with Crippen LogP contribution in [-0.4, -0.2) is 10.2 Å². The molecular weight excluding hydrogens is 296 g/mol. The Morgan fingerprint density at radius 3 is 1.92 bits per heavy atom. The quantitative estimate of drug-likeness (QED) is 0.739. The van der Waals surface area contributed by atoms with Crippen molar-refractivity contribution in [2.45, 2.75) is 64.2 Å². The number of phenols is 2. The third-order valence-corrected chi connectivity index (χ3v) is 5.53. The van der Waals surface area contributed by atoms with Crippen molar-refractivity contribution in [3.05, 3.63) is 58.7 Å². The van der Waals surface area contributed by atoms with Crippen LogP contribution >= 0.6 is 0 Å². The van der Waals surface area contributed by atoms with Crippen LogP contribution < -0.4 is 0 Å². The van der Waals surface area contributed by atoms with Crippen molar-refractivity contribution >= 4 is 0 Å². The minimum Gasteiger partial charge on any atom is -0.508 e. The van der Waals surface area contributed by atoms with Gasteiger partial charge >= 0.3 is 0 Å². The lowest BCUT2D eigenvalue weighted by molar-refractivity contribution is 0.412. The van der Waals surface area contributed by atoms with Gasteiger partial charge in [-0.1, -0.05) is 53.7 Å². The molecule has 3 rings (SSSR count). The van der Waals surface area contributed by atoms with E-state index in [9.17, 15) is 10.2 Å². The highest BCUT2D eigenvalue weighted by molar-refractivity contribution is 5.57. The molecule has 1 aliphatic rings. The van der Waals surface area contributed by atoms with Gasteiger partial charge in [-0.2, -0.15) is 0 Å². The van der Waals surface area contributed by atoms with Crippen LogP contribution in [0.15, 0.2) is 36.4 Å². The number of benzene rings is 2. The average Bonchev–Trinajstić information content (AvgIpc) is 2.65. The predicted molar refractivity (Wildman–Crippen MR) is 99.0 cm³/mol. The Hall–Kier alpha value is -1.96. The Bertz CT molecular complexity index is 796. The van der Waals surface area contributed by atoms with Crippen LogP contribution in [0.25, 0.3) is 0 Å². The van der Waals surface area contributed by atoms with E-state index < -0.39 is 0 Å². The zero-order valence-corrected chi connectivity index (χ0v) is 15.6. The van der Waals surface area contributed by atoms with Crippen molar-refractivity contribution in [2.24, 2.45) is 0 Å². The van der Waals surface area contributed by atoms with Gasteiger partial charge in [0.1, 0.15) is 11.5 Å². The second-order valence-corrected chi connectivity index (χ2v) is 9.10. The van der Waals surface area contributed by atoms with Crippen molar-refractivity contribution in [3.8, 4) is 11.5 Å². The van der Waals surface area contributed by atoms with Gasteiger partial charge in [-0.15, -0.1) is 0 Å². The lowest BCUT2D eigenvalue weighted by atomic mass is 9.69. The molecule has 2 N–H and O–H groups in total. The molecule has 0 bridgehead atoms. The molecule has 0 spiro atoms. The summed E-state index contributed by atoms with van der Waals surface area (Å²) in [6.07, 6.45) is 0.950. The van der Waals surface area contributed by atoms with Gasteiger partial charge in [0.15, 0.2) is 0 Å². The second kappa shape index (κ2) is 5.02. The summed E-state index contributed by atoms with van der Waals surface area (Å²) in [5.74, 6) is 0.598. The summed E-state index contributed by atoms with van der Waals surface area (Å²) in [4.78, 5) is 0. The molecule has 24 heavy (non-hydrogen) atoms. The van der Waals surface area contributed by atoms with Crippen molar-refractivity contribution in [1.82, 2.24) is 0 Å². The van der Waals surface area contributed by atoms with Crippen LogP contribution in [0.4, 0.5) is 0 Å². The fourth-order valence-electron chi connectivity index (χ4n) is 4.54. The van der Waals surface area contributed by atoms with Gasteiger partial charge in [0.25, 0.3) is 0 Å². The smallest absolute Gasteiger partial charge is 0.115 e. The molecule has 1 aliphatic carbocycles. The lowest BCUT2D eigenvalue weighted by Gasteiger charge is -2.34. The molecular formula is C22H28O2. The summed E-state index contributed by atoms with van der Waals surface area (Å²) in [6, 6.07) is 11.5. The molecule has 0 unspecified atom stereocenters. The number of fused-ring (bicyclic) bond motifs is 1. The summed E-state index contributed by atoms with van der Waals surface area (Å²) < 4.78 is 0. The van der Waals surface area contributed by atoms with Crippen molar-refractivity contribution in [3.63, 3.8) is 0 Å². The van der Waals surface area contributed by atoms with Crippen LogP contribution in [0.5, 0.6) is 11.5 Å². The van der Waals surface area contributed by atoms with Gasteiger partial charge < -0.3 is 10.2 Å². The fraction of sp³-hybridized carbons (Fsp3) is 0.455. The zero-order valence-electron chi connectivity index (χ0n) is 15.6. The van der Waals surface area contributed by atoms with Crippen molar-refractivity contribution < 1.29 is 10.2 Å². The van der Waals surface area contributed by atoms with E-state index >= 15 is 0 Å². The topological polar surface area (TPSA) is 40.5 Å². The lowest BCUT2D eigenvalue weighted by Crippen LogP contribution is -2.28. The Morgan fingerprint density at radius 2 is 1.33 bits per heavy atom. The van der Waals surface area contributed by atoms with Gasteiger partial charge in [-0.05, 0) is 63.8 Å². The summed E-state index contributed by atoms with van der Waals surface area (Å²) in [5.41, 5.74) is 4.63. The summed E-state index contributed by atoms with van der Waals surface area (Å²) in [5, 5.41) is 20.2. The minimum atomic E-state index is -0.237.